The number of carboxylic acids is 3. The van der Waals surface area contributed by atoms with Gasteiger partial charge in [0.1, 0.15) is 5.76 Å². The number of rotatable bonds is 5. The van der Waals surface area contributed by atoms with E-state index in [-0.39, 0.29) is 0 Å². The summed E-state index contributed by atoms with van der Waals surface area (Å²) >= 11 is 0. The lowest BCUT2D eigenvalue weighted by molar-refractivity contribution is -0.193. The molecule has 2 aliphatic rings. The molecule has 2 aromatic rings. The topological polar surface area (TPSA) is 144 Å². The molecule has 19 heteroatoms. The van der Waals surface area contributed by atoms with Gasteiger partial charge in [-0.15, -0.1) is 0 Å². The normalized spacial score (nSPS) is 17.8. The van der Waals surface area contributed by atoms with Gasteiger partial charge in [0, 0.05) is 25.0 Å². The molecule has 0 bridgehead atoms. The van der Waals surface area contributed by atoms with Crippen LogP contribution in [0.2, 0.25) is 0 Å². The summed E-state index contributed by atoms with van der Waals surface area (Å²) in [7, 11) is 2.26. The summed E-state index contributed by atoms with van der Waals surface area (Å²) < 4.78 is 101. The number of alkyl halides is 9. The zero-order valence-corrected chi connectivity index (χ0v) is 23.5. The van der Waals surface area contributed by atoms with Crippen LogP contribution in [0.5, 0.6) is 0 Å². The highest BCUT2D eigenvalue weighted by Crippen LogP contribution is 2.51. The van der Waals surface area contributed by atoms with Gasteiger partial charge in [-0.25, -0.2) is 14.4 Å². The summed E-state index contributed by atoms with van der Waals surface area (Å²) in [5.74, 6) is -7.19. The maximum Gasteiger partial charge on any atom is 0.490 e. The number of pyridine rings is 1. The molecule has 1 saturated carbocycles. The number of piperidine rings is 1. The Kier molecular flexibility index (Phi) is 14.3. The molecule has 1 unspecified atom stereocenters. The number of furan rings is 1. The third-order valence-electron chi connectivity index (χ3n) is 6.85. The third kappa shape index (κ3) is 13.8. The Morgan fingerprint density at radius 3 is 1.71 bits per heavy atom. The Morgan fingerprint density at radius 1 is 0.889 bits per heavy atom. The van der Waals surface area contributed by atoms with Crippen LogP contribution < -0.4 is 0 Å². The molecule has 1 spiro atoms. The van der Waals surface area contributed by atoms with E-state index in [1.165, 1.54) is 44.3 Å². The molecular weight excluding hydrogens is 637 g/mol. The second-order valence-electron chi connectivity index (χ2n) is 9.96. The summed E-state index contributed by atoms with van der Waals surface area (Å²) in [5.41, 5.74) is 1.86. The lowest BCUT2D eigenvalue weighted by atomic mass is 9.58. The number of hydrogen-bond donors (Lipinski definition) is 3. The summed E-state index contributed by atoms with van der Waals surface area (Å²) in [6.07, 6.45) is -4.27. The SMILES string of the molecule is CN(Cc1ccco1)C1CCC12CCN(Cc1cccnc1)CC2.O=C(O)C(F)(F)F.O=C(O)C(F)(F)F.O=C(O)C(F)(F)F. The molecule has 3 heterocycles. The van der Waals surface area contributed by atoms with Crippen molar-refractivity contribution in [2.45, 2.75) is 63.3 Å². The van der Waals surface area contributed by atoms with Gasteiger partial charge in [0.25, 0.3) is 0 Å². The average molecular weight is 668 g/mol. The highest BCUT2D eigenvalue weighted by atomic mass is 19.4. The van der Waals surface area contributed by atoms with E-state index in [0.29, 0.717) is 11.5 Å². The zero-order chi connectivity index (χ0) is 34.6. The van der Waals surface area contributed by atoms with E-state index in [1.54, 1.807) is 6.26 Å². The van der Waals surface area contributed by atoms with Crippen molar-refractivity contribution in [1.82, 2.24) is 14.8 Å². The van der Waals surface area contributed by atoms with Crippen LogP contribution in [0.4, 0.5) is 39.5 Å². The Balaban J connectivity index is 0.000000396. The number of nitrogens with zero attached hydrogens (tertiary/aromatic N) is 3. The van der Waals surface area contributed by atoms with Gasteiger partial charge in [0.05, 0.1) is 12.8 Å². The fraction of sp³-hybridized carbons (Fsp3) is 0.538. The van der Waals surface area contributed by atoms with Crippen LogP contribution >= 0.6 is 0 Å². The van der Waals surface area contributed by atoms with Crippen LogP contribution in [0.15, 0.2) is 47.3 Å². The molecule has 1 atom stereocenters. The van der Waals surface area contributed by atoms with Gasteiger partial charge >= 0.3 is 36.4 Å². The minimum atomic E-state index is -5.08. The smallest absolute Gasteiger partial charge is 0.475 e. The molecular formula is C26H30F9N3O7. The molecule has 2 fully saturated rings. The monoisotopic (exact) mass is 667 g/mol. The molecule has 0 amide bonds. The Bertz CT molecular complexity index is 1140. The van der Waals surface area contributed by atoms with E-state index < -0.39 is 36.4 Å². The van der Waals surface area contributed by atoms with Crippen LogP contribution in [0.25, 0.3) is 0 Å². The molecule has 254 valence electrons. The minimum Gasteiger partial charge on any atom is -0.475 e. The number of carbonyl (C=O) groups is 3. The van der Waals surface area contributed by atoms with E-state index >= 15 is 0 Å². The van der Waals surface area contributed by atoms with Crippen LogP contribution in [0, 0.1) is 5.41 Å². The van der Waals surface area contributed by atoms with E-state index in [0.717, 1.165) is 18.8 Å². The molecule has 0 aromatic carbocycles. The lowest BCUT2D eigenvalue weighted by Crippen LogP contribution is -2.57. The molecule has 4 rings (SSSR count). The second kappa shape index (κ2) is 16.4. The van der Waals surface area contributed by atoms with Crippen molar-refractivity contribution in [3.8, 4) is 0 Å². The molecule has 1 aliphatic carbocycles. The van der Waals surface area contributed by atoms with Gasteiger partial charge < -0.3 is 19.7 Å². The average Bonchev–Trinajstić information content (AvgIpc) is 3.41. The third-order valence-corrected chi connectivity index (χ3v) is 6.85. The first-order chi connectivity index (χ1) is 20.6. The van der Waals surface area contributed by atoms with Gasteiger partial charge in [-0.05, 0) is 75.0 Å². The van der Waals surface area contributed by atoms with Crippen molar-refractivity contribution in [3.63, 3.8) is 0 Å². The van der Waals surface area contributed by atoms with Crippen LogP contribution in [0.3, 0.4) is 0 Å². The molecule has 45 heavy (non-hydrogen) atoms. The van der Waals surface area contributed by atoms with Crippen molar-refractivity contribution in [1.29, 1.82) is 0 Å². The van der Waals surface area contributed by atoms with Crippen molar-refractivity contribution < 1.29 is 73.6 Å². The van der Waals surface area contributed by atoms with Crippen molar-refractivity contribution in [2.75, 3.05) is 20.1 Å². The quantitative estimate of drug-likeness (QED) is 0.352. The van der Waals surface area contributed by atoms with Crippen LogP contribution in [-0.2, 0) is 27.5 Å². The Labute approximate surface area is 250 Å². The molecule has 3 N–H and O–H groups in total. The highest BCUT2D eigenvalue weighted by molar-refractivity contribution is 5.73. The van der Waals surface area contributed by atoms with E-state index in [2.05, 4.69) is 34.0 Å². The number of aliphatic carboxylic acids is 3. The van der Waals surface area contributed by atoms with E-state index in [4.69, 9.17) is 34.1 Å². The summed E-state index contributed by atoms with van der Waals surface area (Å²) in [4.78, 5) is 36.0. The lowest BCUT2D eigenvalue weighted by Gasteiger charge is -2.57. The Morgan fingerprint density at radius 2 is 1.38 bits per heavy atom. The van der Waals surface area contributed by atoms with Crippen LogP contribution in [-0.4, -0.2) is 92.7 Å². The van der Waals surface area contributed by atoms with Crippen LogP contribution in [0.1, 0.15) is 37.0 Å². The molecule has 1 aliphatic heterocycles. The van der Waals surface area contributed by atoms with Crippen molar-refractivity contribution >= 4 is 17.9 Å². The zero-order valence-electron chi connectivity index (χ0n) is 23.5. The minimum absolute atomic E-state index is 0.535. The summed E-state index contributed by atoms with van der Waals surface area (Å²) in [6, 6.07) is 8.99. The fourth-order valence-corrected chi connectivity index (χ4v) is 4.62. The number of likely N-dealkylation sites (tertiary alicyclic amines) is 1. The van der Waals surface area contributed by atoms with E-state index in [1.807, 2.05) is 24.5 Å². The predicted molar refractivity (Wildman–Crippen MR) is 135 cm³/mol. The highest BCUT2D eigenvalue weighted by Gasteiger charge is 2.49. The van der Waals surface area contributed by atoms with Gasteiger partial charge in [0.15, 0.2) is 0 Å². The number of aromatic nitrogens is 1. The summed E-state index contributed by atoms with van der Waals surface area (Å²) in [5, 5.41) is 21.4. The maximum atomic E-state index is 10.6. The number of carboxylic acid groups (broad SMARTS) is 3. The fourth-order valence-electron chi connectivity index (χ4n) is 4.62. The molecule has 0 radical (unpaired) electrons. The van der Waals surface area contributed by atoms with Gasteiger partial charge in [-0.2, -0.15) is 39.5 Å². The predicted octanol–water partition coefficient (Wildman–Crippen LogP) is 5.45. The van der Waals surface area contributed by atoms with Gasteiger partial charge in [-0.3, -0.25) is 14.8 Å². The first-order valence-electron chi connectivity index (χ1n) is 12.8. The molecule has 2 aromatic heterocycles. The number of halogens is 9. The molecule has 1 saturated heterocycles. The van der Waals surface area contributed by atoms with E-state index in [9.17, 15) is 39.5 Å². The number of hydrogen-bond acceptors (Lipinski definition) is 7. The van der Waals surface area contributed by atoms with Gasteiger partial charge in [0.2, 0.25) is 0 Å². The molecule has 10 nitrogen and oxygen atoms in total. The first kappa shape index (κ1) is 39.2. The Hall–Kier alpha value is -3.87. The summed E-state index contributed by atoms with van der Waals surface area (Å²) in [6.45, 7) is 4.38. The standard InChI is InChI=1S/C20H27N3O.3C2HF3O2/c1-22(16-18-5-3-13-24-18)19-6-7-20(19)8-11-23(12-9-20)15-17-4-2-10-21-14-17;3*3-2(4,5)1(6)7/h2-5,10,13-14,19H,6-9,11-12,15-16H2,1H3;3*(H,6,7). The second-order valence-corrected chi connectivity index (χ2v) is 9.96. The van der Waals surface area contributed by atoms with Crippen molar-refractivity contribution in [3.05, 3.63) is 54.2 Å². The van der Waals surface area contributed by atoms with Crippen molar-refractivity contribution in [2.24, 2.45) is 5.41 Å². The van der Waals surface area contributed by atoms with Gasteiger partial charge in [-0.1, -0.05) is 6.07 Å². The largest absolute Gasteiger partial charge is 0.490 e. The maximum absolute atomic E-state index is 10.6. The first-order valence-corrected chi connectivity index (χ1v) is 12.8.